The first-order chi connectivity index (χ1) is 8.36. The summed E-state index contributed by atoms with van der Waals surface area (Å²) in [6, 6.07) is 0. The highest BCUT2D eigenvalue weighted by atomic mass is 32.2. The van der Waals surface area contributed by atoms with Gasteiger partial charge in [0, 0.05) is 19.0 Å². The minimum absolute atomic E-state index is 0.117. The fraction of sp³-hybridized carbons (Fsp3) is 0.800. The molecule has 1 aliphatic rings. The van der Waals surface area contributed by atoms with Gasteiger partial charge in [0.05, 0.1) is 24.3 Å². The quantitative estimate of drug-likeness (QED) is 0.561. The SMILES string of the molecule is COC(=O)CCS(=O)(=O)N1CCC(C(N)=S)CC1. The number of nitrogens with zero attached hydrogens (tertiary/aromatic N) is 1. The van der Waals surface area contributed by atoms with E-state index in [-0.39, 0.29) is 18.1 Å². The molecule has 1 saturated heterocycles. The second kappa shape index (κ2) is 6.44. The van der Waals surface area contributed by atoms with Crippen molar-refractivity contribution in [3.8, 4) is 0 Å². The maximum Gasteiger partial charge on any atom is 0.306 e. The third kappa shape index (κ3) is 4.18. The number of thiocarbonyl (C=S) groups is 1. The van der Waals surface area contributed by atoms with Crippen LogP contribution in [0.3, 0.4) is 0 Å². The van der Waals surface area contributed by atoms with Crippen LogP contribution in [0.15, 0.2) is 0 Å². The number of ether oxygens (including phenoxy) is 1. The Kier molecular flexibility index (Phi) is 5.48. The molecule has 2 N–H and O–H groups in total. The number of sulfonamides is 1. The van der Waals surface area contributed by atoms with Gasteiger partial charge in [-0.3, -0.25) is 4.79 Å². The molecule has 0 aromatic carbocycles. The summed E-state index contributed by atoms with van der Waals surface area (Å²) >= 11 is 4.90. The van der Waals surface area contributed by atoms with Crippen molar-refractivity contribution in [2.45, 2.75) is 19.3 Å². The van der Waals surface area contributed by atoms with Gasteiger partial charge in [-0.2, -0.15) is 0 Å². The molecular formula is C10H18N2O4S2. The molecule has 1 rings (SSSR count). The second-order valence-corrected chi connectivity index (χ2v) is 6.78. The van der Waals surface area contributed by atoms with Crippen molar-refractivity contribution in [1.82, 2.24) is 4.31 Å². The van der Waals surface area contributed by atoms with Crippen LogP contribution in [0.4, 0.5) is 0 Å². The summed E-state index contributed by atoms with van der Waals surface area (Å²) in [5.74, 6) is -0.610. The molecule has 0 atom stereocenters. The summed E-state index contributed by atoms with van der Waals surface area (Å²) < 4.78 is 29.7. The van der Waals surface area contributed by atoms with Gasteiger partial charge in [0.25, 0.3) is 0 Å². The summed E-state index contributed by atoms with van der Waals surface area (Å²) in [6.45, 7) is 0.816. The van der Waals surface area contributed by atoms with E-state index in [1.165, 1.54) is 11.4 Å². The topological polar surface area (TPSA) is 89.7 Å². The lowest BCUT2D eigenvalue weighted by atomic mass is 9.98. The third-order valence-electron chi connectivity index (χ3n) is 3.04. The fourth-order valence-electron chi connectivity index (χ4n) is 1.86. The zero-order chi connectivity index (χ0) is 13.8. The molecule has 1 fully saturated rings. The number of piperidine rings is 1. The summed E-state index contributed by atoms with van der Waals surface area (Å²) in [4.78, 5) is 11.4. The van der Waals surface area contributed by atoms with Crippen LogP contribution >= 0.6 is 12.2 Å². The van der Waals surface area contributed by atoms with E-state index in [4.69, 9.17) is 18.0 Å². The molecule has 0 radical (unpaired) electrons. The largest absolute Gasteiger partial charge is 0.469 e. The highest BCUT2D eigenvalue weighted by Gasteiger charge is 2.29. The predicted molar refractivity (Wildman–Crippen MR) is 71.5 cm³/mol. The van der Waals surface area contributed by atoms with E-state index in [1.54, 1.807) is 0 Å². The van der Waals surface area contributed by atoms with E-state index in [1.807, 2.05) is 0 Å². The molecule has 0 amide bonds. The minimum atomic E-state index is -3.39. The predicted octanol–water partition coefficient (Wildman–Crippen LogP) is -0.123. The molecule has 18 heavy (non-hydrogen) atoms. The molecular weight excluding hydrogens is 276 g/mol. The average Bonchev–Trinajstić information content (AvgIpc) is 2.36. The van der Waals surface area contributed by atoms with Crippen molar-refractivity contribution >= 4 is 33.2 Å². The number of hydrogen-bond donors (Lipinski definition) is 1. The second-order valence-electron chi connectivity index (χ2n) is 4.22. The van der Waals surface area contributed by atoms with Crippen molar-refractivity contribution in [3.05, 3.63) is 0 Å². The molecule has 0 spiro atoms. The van der Waals surface area contributed by atoms with E-state index in [2.05, 4.69) is 4.74 Å². The summed E-state index contributed by atoms with van der Waals surface area (Å²) in [6.07, 6.45) is 1.17. The smallest absolute Gasteiger partial charge is 0.306 e. The van der Waals surface area contributed by atoms with Gasteiger partial charge >= 0.3 is 5.97 Å². The molecule has 0 saturated carbocycles. The van der Waals surface area contributed by atoms with Crippen LogP contribution in [0.5, 0.6) is 0 Å². The Hall–Kier alpha value is -0.730. The van der Waals surface area contributed by atoms with Gasteiger partial charge in [0.1, 0.15) is 0 Å². The third-order valence-corrected chi connectivity index (χ3v) is 5.25. The van der Waals surface area contributed by atoms with E-state index in [0.29, 0.717) is 30.9 Å². The van der Waals surface area contributed by atoms with Crippen molar-refractivity contribution in [2.75, 3.05) is 26.0 Å². The molecule has 0 aliphatic carbocycles. The Morgan fingerprint density at radius 1 is 1.44 bits per heavy atom. The molecule has 8 heteroatoms. The monoisotopic (exact) mass is 294 g/mol. The van der Waals surface area contributed by atoms with Gasteiger partial charge in [-0.15, -0.1) is 0 Å². The van der Waals surface area contributed by atoms with Crippen molar-refractivity contribution < 1.29 is 17.9 Å². The molecule has 6 nitrogen and oxygen atoms in total. The van der Waals surface area contributed by atoms with Crippen LogP contribution in [0.1, 0.15) is 19.3 Å². The lowest BCUT2D eigenvalue weighted by molar-refractivity contribution is -0.140. The van der Waals surface area contributed by atoms with Crippen LogP contribution in [0, 0.1) is 5.92 Å². The number of nitrogens with two attached hydrogens (primary N) is 1. The first kappa shape index (κ1) is 15.3. The van der Waals surface area contributed by atoms with E-state index in [9.17, 15) is 13.2 Å². The molecule has 0 unspecified atom stereocenters. The lowest BCUT2D eigenvalue weighted by Gasteiger charge is -2.30. The maximum atomic E-state index is 11.9. The van der Waals surface area contributed by atoms with E-state index in [0.717, 1.165) is 0 Å². The highest BCUT2D eigenvalue weighted by Crippen LogP contribution is 2.20. The summed E-state index contributed by atoms with van der Waals surface area (Å²) in [5, 5.41) is 0. The van der Waals surface area contributed by atoms with Gasteiger partial charge in [0.15, 0.2) is 0 Å². The summed E-state index contributed by atoms with van der Waals surface area (Å²) in [5.41, 5.74) is 5.54. The Morgan fingerprint density at radius 3 is 2.44 bits per heavy atom. The Morgan fingerprint density at radius 2 is 2.00 bits per heavy atom. The average molecular weight is 294 g/mol. The van der Waals surface area contributed by atoms with Crippen LogP contribution in [-0.2, 0) is 19.6 Å². The number of methoxy groups -OCH3 is 1. The van der Waals surface area contributed by atoms with Gasteiger partial charge in [0.2, 0.25) is 10.0 Å². The first-order valence-corrected chi connectivity index (χ1v) is 7.72. The number of hydrogen-bond acceptors (Lipinski definition) is 5. The van der Waals surface area contributed by atoms with E-state index < -0.39 is 16.0 Å². The maximum absolute atomic E-state index is 11.9. The summed E-state index contributed by atoms with van der Waals surface area (Å²) in [7, 11) is -2.15. The normalized spacial score (nSPS) is 18.5. The Bertz CT molecular complexity index is 414. The van der Waals surface area contributed by atoms with Crippen LogP contribution < -0.4 is 5.73 Å². The Labute approximate surface area is 113 Å². The van der Waals surface area contributed by atoms with Gasteiger partial charge in [-0.05, 0) is 12.8 Å². The molecule has 1 heterocycles. The van der Waals surface area contributed by atoms with Crippen molar-refractivity contribution in [2.24, 2.45) is 11.7 Å². The highest BCUT2D eigenvalue weighted by molar-refractivity contribution is 7.89. The van der Waals surface area contributed by atoms with Gasteiger partial charge in [-0.1, -0.05) is 12.2 Å². The van der Waals surface area contributed by atoms with Gasteiger partial charge < -0.3 is 10.5 Å². The number of rotatable bonds is 5. The molecule has 0 aromatic rings. The molecule has 1 aliphatic heterocycles. The first-order valence-electron chi connectivity index (χ1n) is 5.71. The Balaban J connectivity index is 2.50. The molecule has 0 aromatic heterocycles. The van der Waals surface area contributed by atoms with E-state index >= 15 is 0 Å². The standard InChI is InChI=1S/C10H18N2O4S2/c1-16-9(13)4-7-18(14,15)12-5-2-8(3-6-12)10(11)17/h8H,2-7H2,1H3,(H2,11,17). The van der Waals surface area contributed by atoms with Crippen LogP contribution in [-0.4, -0.2) is 49.6 Å². The zero-order valence-corrected chi connectivity index (χ0v) is 11.9. The fourth-order valence-corrected chi connectivity index (χ4v) is 3.55. The van der Waals surface area contributed by atoms with Crippen molar-refractivity contribution in [1.29, 1.82) is 0 Å². The van der Waals surface area contributed by atoms with Crippen LogP contribution in [0.25, 0.3) is 0 Å². The molecule has 0 bridgehead atoms. The minimum Gasteiger partial charge on any atom is -0.469 e. The van der Waals surface area contributed by atoms with Crippen molar-refractivity contribution in [3.63, 3.8) is 0 Å². The molecule has 104 valence electrons. The zero-order valence-electron chi connectivity index (χ0n) is 10.3. The van der Waals surface area contributed by atoms with Gasteiger partial charge in [-0.25, -0.2) is 12.7 Å². The number of carbonyl (C=O) groups is 1. The lowest BCUT2D eigenvalue weighted by Crippen LogP contribution is -2.42. The number of carbonyl (C=O) groups excluding carboxylic acids is 1. The van der Waals surface area contributed by atoms with Crippen LogP contribution in [0.2, 0.25) is 0 Å². The number of esters is 1.